The molecule has 18 nitrogen and oxygen atoms in total. The van der Waals surface area contributed by atoms with Crippen LogP contribution in [0.1, 0.15) is 95.1 Å². The molecule has 2 aliphatic rings. The van der Waals surface area contributed by atoms with Gasteiger partial charge in [-0.25, -0.2) is 19.1 Å². The summed E-state index contributed by atoms with van der Waals surface area (Å²) in [7, 11) is 0. The van der Waals surface area contributed by atoms with Gasteiger partial charge in [-0.05, 0) is 147 Å². The number of piperidine rings is 2. The number of likely N-dealkylation sites (tertiary alicyclic amines) is 2. The molecule has 2 saturated heterocycles. The summed E-state index contributed by atoms with van der Waals surface area (Å²) in [5.41, 5.74) is 8.87. The monoisotopic (exact) mass is 982 g/mol. The van der Waals surface area contributed by atoms with Gasteiger partial charge in [-0.15, -0.1) is 0 Å². The van der Waals surface area contributed by atoms with Gasteiger partial charge in [-0.2, -0.15) is 15.5 Å². The van der Waals surface area contributed by atoms with Crippen molar-refractivity contribution in [3.63, 3.8) is 0 Å². The van der Waals surface area contributed by atoms with Crippen LogP contribution in [-0.2, 0) is 19.0 Å². The van der Waals surface area contributed by atoms with Gasteiger partial charge < -0.3 is 39.2 Å². The number of esters is 1. The minimum Gasteiger partial charge on any atom is -0.461 e. The van der Waals surface area contributed by atoms with E-state index >= 15 is 0 Å². The number of benzene rings is 4. The number of anilines is 2. The van der Waals surface area contributed by atoms with Gasteiger partial charge in [-0.3, -0.25) is 15.0 Å². The summed E-state index contributed by atoms with van der Waals surface area (Å²) in [4.78, 5) is 66.9. The number of nitrogens with zero attached hydrogens (tertiary/aromatic N) is 6. The van der Waals surface area contributed by atoms with Crippen LogP contribution in [0.15, 0.2) is 114 Å². The van der Waals surface area contributed by atoms with Gasteiger partial charge in [0.15, 0.2) is 23.0 Å². The first-order chi connectivity index (χ1) is 34.3. The lowest BCUT2D eigenvalue weighted by atomic mass is 9.90. The summed E-state index contributed by atoms with van der Waals surface area (Å²) < 4.78 is 29.0. The quantitative estimate of drug-likeness (QED) is 0.0368. The number of nitriles is 1. The van der Waals surface area contributed by atoms with E-state index in [2.05, 4.69) is 15.6 Å². The number of ketones is 2. The van der Waals surface area contributed by atoms with Gasteiger partial charge >= 0.3 is 18.2 Å². The normalized spacial score (nSPS) is 14.4. The Hall–Kier alpha value is -8.20. The molecule has 1 aromatic heterocycles. The van der Waals surface area contributed by atoms with Crippen molar-refractivity contribution in [2.24, 2.45) is 16.9 Å². The number of nitrogens with two attached hydrogens (primary N) is 1. The summed E-state index contributed by atoms with van der Waals surface area (Å²) in [6.45, 7) is 14.3. The Balaban J connectivity index is 0.000000239. The smallest absolute Gasteiger partial charge is 0.410 e. The fraction of sp³-hybridized carbons (Fsp3) is 0.370. The van der Waals surface area contributed by atoms with Crippen molar-refractivity contribution in [2.45, 2.75) is 85.4 Å². The molecular formula is C54H62N8O10. The Morgan fingerprint density at radius 1 is 0.681 bits per heavy atom. The van der Waals surface area contributed by atoms with Crippen LogP contribution >= 0.6 is 0 Å². The molecule has 3 N–H and O–H groups in total. The molecule has 2 aliphatic heterocycles. The maximum Gasteiger partial charge on any atom is 0.410 e. The molecule has 0 radical (unpaired) electrons. The summed E-state index contributed by atoms with van der Waals surface area (Å²) in [6.07, 6.45) is 1.01. The van der Waals surface area contributed by atoms with Gasteiger partial charge in [0.1, 0.15) is 40.3 Å². The molecule has 3 heterocycles. The molecule has 0 unspecified atom stereocenters. The maximum absolute atomic E-state index is 13.5. The largest absolute Gasteiger partial charge is 0.461 e. The molecule has 0 aliphatic carbocycles. The van der Waals surface area contributed by atoms with Crippen LogP contribution in [0.5, 0.6) is 23.0 Å². The number of nitrogen functional groups attached to an aromatic ring is 1. The molecule has 0 saturated carbocycles. The number of amides is 2. The van der Waals surface area contributed by atoms with Crippen LogP contribution in [0.25, 0.3) is 5.69 Å². The average molecular weight is 983 g/mol. The molecule has 4 aromatic carbocycles. The van der Waals surface area contributed by atoms with Gasteiger partial charge in [0, 0.05) is 38.0 Å². The van der Waals surface area contributed by atoms with Gasteiger partial charge in [0.25, 0.3) is 0 Å². The Morgan fingerprint density at radius 2 is 1.12 bits per heavy atom. The molecule has 0 spiro atoms. The number of Topliss-reactive ketones (excluding diaryl/α,β-unsaturated/α-hetero) is 2. The van der Waals surface area contributed by atoms with Crippen LogP contribution < -0.4 is 20.6 Å². The number of ether oxygens (including phenoxy) is 5. The standard InChI is InChI=1S/C29H34N4O6.C25H28N4O4/c1-5-37-27(35)25-23(30)24(26(34)19-15-17-32(18-16-19)28(36)39-29(2,3)4)31-33(25)20-11-13-22(14-12-20)38-21-9-7-6-8-10-21;1-25(2,3)33-24(31)29-15-13-18(14-16-29)23(30)22(17-26)28-27-19-9-11-21(12-10-19)32-20-7-5-4-6-8-20/h6-14,19H,5,15-18,30H2,1-4H3;4-12,18,27H,13-16H2,1-3H3/b;28-22+. The number of para-hydroxylation sites is 2. The lowest BCUT2D eigenvalue weighted by Crippen LogP contribution is -2.43. The van der Waals surface area contributed by atoms with Crippen molar-refractivity contribution in [1.82, 2.24) is 19.6 Å². The molecule has 378 valence electrons. The van der Waals surface area contributed by atoms with Crippen molar-refractivity contribution in [1.29, 1.82) is 5.26 Å². The fourth-order valence-electron chi connectivity index (χ4n) is 7.64. The molecular weight excluding hydrogens is 921 g/mol. The van der Waals surface area contributed by atoms with Crippen molar-refractivity contribution in [2.75, 3.05) is 43.9 Å². The minimum atomic E-state index is -0.675. The Kier molecular flexibility index (Phi) is 17.8. The van der Waals surface area contributed by atoms with E-state index in [0.29, 0.717) is 80.5 Å². The number of carbonyl (C=O) groups is 5. The molecule has 0 atom stereocenters. The number of hydrazone groups is 1. The van der Waals surface area contributed by atoms with Crippen LogP contribution in [0, 0.1) is 23.2 Å². The second kappa shape index (κ2) is 24.1. The molecule has 5 aromatic rings. The number of hydrogen-bond acceptors (Lipinski definition) is 15. The predicted octanol–water partition coefficient (Wildman–Crippen LogP) is 10.2. The molecule has 2 amide bonds. The zero-order valence-electron chi connectivity index (χ0n) is 41.8. The Labute approximate surface area is 419 Å². The van der Waals surface area contributed by atoms with Gasteiger partial charge in [0.2, 0.25) is 5.71 Å². The van der Waals surface area contributed by atoms with E-state index in [1.165, 1.54) is 4.68 Å². The zero-order valence-corrected chi connectivity index (χ0v) is 41.8. The summed E-state index contributed by atoms with van der Waals surface area (Å²) in [5, 5.41) is 17.9. The van der Waals surface area contributed by atoms with E-state index in [1.54, 1.807) is 65.3 Å². The number of hydrogen-bond donors (Lipinski definition) is 2. The number of aromatic nitrogens is 2. The van der Waals surface area contributed by atoms with Crippen molar-refractivity contribution in [3.8, 4) is 34.8 Å². The van der Waals surface area contributed by atoms with Crippen molar-refractivity contribution >= 4 is 46.8 Å². The molecule has 7 rings (SSSR count). The van der Waals surface area contributed by atoms with E-state index in [1.807, 2.05) is 108 Å². The van der Waals surface area contributed by atoms with E-state index in [-0.39, 0.29) is 53.0 Å². The van der Waals surface area contributed by atoms with Crippen LogP contribution in [0.2, 0.25) is 0 Å². The van der Waals surface area contributed by atoms with Gasteiger partial charge in [-0.1, -0.05) is 36.4 Å². The van der Waals surface area contributed by atoms with Crippen LogP contribution in [0.3, 0.4) is 0 Å². The fourth-order valence-corrected chi connectivity index (χ4v) is 7.64. The topological polar surface area (TPSA) is 230 Å². The van der Waals surface area contributed by atoms with E-state index < -0.39 is 29.2 Å². The number of carbonyl (C=O) groups excluding carboxylic acids is 5. The lowest BCUT2D eigenvalue weighted by Gasteiger charge is -2.32. The summed E-state index contributed by atoms with van der Waals surface area (Å²) in [6, 6.07) is 34.6. The van der Waals surface area contributed by atoms with Crippen molar-refractivity contribution < 1.29 is 47.7 Å². The first-order valence-electron chi connectivity index (χ1n) is 23.8. The second-order valence-corrected chi connectivity index (χ2v) is 19.0. The third-order valence-electron chi connectivity index (χ3n) is 11.2. The SMILES string of the molecule is CC(C)(C)OC(=O)N1CCC(C(=O)/C(C#N)=N/Nc2ccc(Oc3ccccc3)cc2)CC1.CCOC(=O)c1c(N)c(C(=O)C2CCN(C(=O)OC(C)(C)C)CC2)nn1-c1ccc(Oc2ccccc2)cc1. The number of rotatable bonds is 13. The van der Waals surface area contributed by atoms with Gasteiger partial charge in [0.05, 0.1) is 23.7 Å². The Bertz CT molecular complexity index is 2730. The Morgan fingerprint density at radius 3 is 1.57 bits per heavy atom. The first kappa shape index (κ1) is 53.2. The second-order valence-electron chi connectivity index (χ2n) is 19.0. The summed E-state index contributed by atoms with van der Waals surface area (Å²) >= 11 is 0. The molecule has 72 heavy (non-hydrogen) atoms. The highest BCUT2D eigenvalue weighted by molar-refractivity contribution is 6.46. The highest BCUT2D eigenvalue weighted by atomic mass is 16.6. The molecule has 0 bridgehead atoms. The zero-order chi connectivity index (χ0) is 52.0. The van der Waals surface area contributed by atoms with Crippen molar-refractivity contribution in [3.05, 3.63) is 121 Å². The molecule has 2 fully saturated rings. The minimum absolute atomic E-state index is 0.0110. The highest BCUT2D eigenvalue weighted by Crippen LogP contribution is 2.31. The van der Waals surface area contributed by atoms with E-state index in [0.717, 1.165) is 5.75 Å². The third-order valence-corrected chi connectivity index (χ3v) is 11.2. The maximum atomic E-state index is 13.5. The lowest BCUT2D eigenvalue weighted by molar-refractivity contribution is -0.117. The third kappa shape index (κ3) is 14.9. The van der Waals surface area contributed by atoms with Crippen LogP contribution in [0.4, 0.5) is 21.0 Å². The van der Waals surface area contributed by atoms with E-state index in [9.17, 15) is 29.2 Å². The average Bonchev–Trinajstić information content (AvgIpc) is 3.71. The predicted molar refractivity (Wildman–Crippen MR) is 270 cm³/mol. The molecule has 18 heteroatoms. The summed E-state index contributed by atoms with van der Waals surface area (Å²) in [5.74, 6) is 0.641. The van der Waals surface area contributed by atoms with Crippen LogP contribution in [-0.4, -0.2) is 99.0 Å². The number of nitrogens with one attached hydrogen (secondary N) is 1. The van der Waals surface area contributed by atoms with E-state index in [4.69, 9.17) is 29.4 Å². The first-order valence-corrected chi connectivity index (χ1v) is 23.8. The highest BCUT2D eigenvalue weighted by Gasteiger charge is 2.35.